The number of carbonyl (C=O) groups excluding carboxylic acids is 2. The summed E-state index contributed by atoms with van der Waals surface area (Å²) in [4.78, 5) is 27.0. The first-order valence-electron chi connectivity index (χ1n) is 18.6. The number of nitrogens with one attached hydrogen (secondary N) is 3. The largest absolute Gasteiger partial charge is 0.377 e. The first kappa shape index (κ1) is 44.5. The van der Waals surface area contributed by atoms with Crippen LogP contribution in [0, 0.1) is 0 Å². The molecule has 2 atom stereocenters. The van der Waals surface area contributed by atoms with E-state index in [-0.39, 0.29) is 35.0 Å². The summed E-state index contributed by atoms with van der Waals surface area (Å²) in [6, 6.07) is 44.5. The molecule has 8 nitrogen and oxygen atoms in total. The molecule has 0 aromatic heterocycles. The zero-order valence-electron chi connectivity index (χ0n) is 32.7. The average molecular weight is 867 g/mol. The number of sulfonamides is 1. The van der Waals surface area contributed by atoms with Crippen LogP contribution in [-0.2, 0) is 26.2 Å². The number of thioether (sulfide) groups is 2. The molecular formula is C45H46N4O4S5. The van der Waals surface area contributed by atoms with Gasteiger partial charge in [0, 0.05) is 50.2 Å². The maximum absolute atomic E-state index is 12.9. The molecule has 0 spiro atoms. The lowest BCUT2D eigenvalue weighted by atomic mass is 10.0. The van der Waals surface area contributed by atoms with E-state index in [0.717, 1.165) is 32.0 Å². The molecule has 3 N–H and O–H groups in total. The van der Waals surface area contributed by atoms with Crippen molar-refractivity contribution in [3.63, 3.8) is 0 Å². The molecule has 6 aromatic rings. The van der Waals surface area contributed by atoms with E-state index in [4.69, 9.17) is 24.4 Å². The standard InChI is InChI=1S/C24H27N3O3S3.C21H19NOS2/c1-17(32-24(31)18-9-5-4-6-10-18)23(28)25-15-16-26-33(29,30)22-14-8-11-19-20(22)12-7-13-21(19)27(2)3;1-15(25-21(24)17-9-3-2-4-10-17)20(23)22-14-18-12-7-11-16-8-5-6-13-19(16)18/h4-14,17,26H,15-16H2,1-3H3,(H,25,28);2-13,15H,14H2,1H3,(H,22,23). The van der Waals surface area contributed by atoms with Crippen molar-refractivity contribution in [1.82, 2.24) is 15.4 Å². The first-order valence-corrected chi connectivity index (χ1v) is 22.6. The summed E-state index contributed by atoms with van der Waals surface area (Å²) in [6.07, 6.45) is 0. The van der Waals surface area contributed by atoms with Gasteiger partial charge in [-0.3, -0.25) is 9.59 Å². The van der Waals surface area contributed by atoms with Gasteiger partial charge in [0.05, 0.1) is 23.8 Å². The van der Waals surface area contributed by atoms with Crippen molar-refractivity contribution in [3.05, 3.63) is 156 Å². The molecule has 0 aliphatic heterocycles. The molecule has 0 bridgehead atoms. The summed E-state index contributed by atoms with van der Waals surface area (Å²) in [5, 5.41) is 9.04. The summed E-state index contributed by atoms with van der Waals surface area (Å²) in [5.74, 6) is -0.200. The minimum atomic E-state index is -3.75. The lowest BCUT2D eigenvalue weighted by molar-refractivity contribution is -0.121. The molecule has 6 rings (SSSR count). The Hall–Kier alpha value is -4.63. The molecule has 0 saturated heterocycles. The fraction of sp³-hybridized carbons (Fsp3) is 0.200. The highest BCUT2D eigenvalue weighted by Gasteiger charge is 2.20. The summed E-state index contributed by atoms with van der Waals surface area (Å²) in [5.41, 5.74) is 3.94. The average Bonchev–Trinajstić information content (AvgIpc) is 3.24. The van der Waals surface area contributed by atoms with Crippen molar-refractivity contribution in [2.75, 3.05) is 32.1 Å². The van der Waals surface area contributed by atoms with Gasteiger partial charge in [0.1, 0.15) is 0 Å². The number of hydrogen-bond acceptors (Lipinski definition) is 9. The van der Waals surface area contributed by atoms with Gasteiger partial charge in [0.15, 0.2) is 0 Å². The Bertz CT molecular complexity index is 2480. The van der Waals surface area contributed by atoms with E-state index in [9.17, 15) is 18.0 Å². The Morgan fingerprint density at radius 2 is 1.10 bits per heavy atom. The minimum Gasteiger partial charge on any atom is -0.377 e. The van der Waals surface area contributed by atoms with Crippen molar-refractivity contribution in [1.29, 1.82) is 0 Å². The van der Waals surface area contributed by atoms with Gasteiger partial charge in [0.25, 0.3) is 0 Å². The van der Waals surface area contributed by atoms with E-state index in [1.165, 1.54) is 34.3 Å². The van der Waals surface area contributed by atoms with Crippen LogP contribution < -0.4 is 20.3 Å². The monoisotopic (exact) mass is 866 g/mol. The highest BCUT2D eigenvalue weighted by Crippen LogP contribution is 2.30. The highest BCUT2D eigenvalue weighted by molar-refractivity contribution is 8.24. The number of rotatable bonds is 14. The van der Waals surface area contributed by atoms with Crippen LogP contribution in [0.2, 0.25) is 0 Å². The van der Waals surface area contributed by atoms with Crippen LogP contribution in [-0.4, -0.2) is 66.3 Å². The van der Waals surface area contributed by atoms with E-state index >= 15 is 0 Å². The first-order chi connectivity index (χ1) is 27.9. The van der Waals surface area contributed by atoms with E-state index in [0.29, 0.717) is 16.1 Å². The second-order valence-electron chi connectivity index (χ2n) is 13.4. The fourth-order valence-corrected chi connectivity index (χ4v) is 9.92. The maximum atomic E-state index is 12.9. The lowest BCUT2D eigenvalue weighted by Crippen LogP contribution is -2.38. The van der Waals surface area contributed by atoms with Crippen molar-refractivity contribution in [2.24, 2.45) is 0 Å². The second kappa shape index (κ2) is 21.4. The number of anilines is 1. The Morgan fingerprint density at radius 3 is 1.72 bits per heavy atom. The van der Waals surface area contributed by atoms with E-state index in [1.54, 1.807) is 25.1 Å². The van der Waals surface area contributed by atoms with Gasteiger partial charge in [-0.15, -0.1) is 23.5 Å². The summed E-state index contributed by atoms with van der Waals surface area (Å²) in [7, 11) is 0.0903. The molecule has 13 heteroatoms. The molecule has 0 radical (unpaired) electrons. The van der Waals surface area contributed by atoms with E-state index in [1.807, 2.05) is 123 Å². The molecule has 0 saturated carbocycles. The molecule has 6 aromatic carbocycles. The van der Waals surface area contributed by atoms with Crippen molar-refractivity contribution in [3.8, 4) is 0 Å². The van der Waals surface area contributed by atoms with Crippen LogP contribution in [0.1, 0.15) is 30.5 Å². The third-order valence-electron chi connectivity index (χ3n) is 9.00. The van der Waals surface area contributed by atoms with Crippen LogP contribution in [0.15, 0.2) is 144 Å². The smallest absolute Gasteiger partial charge is 0.241 e. The zero-order valence-corrected chi connectivity index (χ0v) is 36.8. The van der Waals surface area contributed by atoms with E-state index in [2.05, 4.69) is 39.6 Å². The molecular weight excluding hydrogens is 821 g/mol. The number of nitrogens with zero attached hydrogens (tertiary/aromatic N) is 1. The SMILES string of the molecule is CC(SC(=S)c1ccccc1)C(=O)NCCNS(=O)(=O)c1cccc2c(N(C)C)cccc12.CC(SC(=S)c1ccccc1)C(=O)NCc1cccc2ccccc12. The van der Waals surface area contributed by atoms with Gasteiger partial charge in [0.2, 0.25) is 21.8 Å². The maximum Gasteiger partial charge on any atom is 0.241 e. The Kier molecular flexibility index (Phi) is 16.4. The topological polar surface area (TPSA) is 108 Å². The van der Waals surface area contributed by atoms with E-state index < -0.39 is 15.3 Å². The Morgan fingerprint density at radius 1 is 0.603 bits per heavy atom. The molecule has 0 heterocycles. The molecule has 0 fully saturated rings. The molecule has 58 heavy (non-hydrogen) atoms. The number of carbonyl (C=O) groups is 2. The molecule has 0 aliphatic carbocycles. The van der Waals surface area contributed by atoms with Gasteiger partial charge in [-0.2, -0.15) is 0 Å². The Labute approximate surface area is 360 Å². The quantitative estimate of drug-likeness (QED) is 0.0732. The van der Waals surface area contributed by atoms with Crippen LogP contribution in [0.4, 0.5) is 5.69 Å². The van der Waals surface area contributed by atoms with Crippen LogP contribution in [0.25, 0.3) is 21.5 Å². The zero-order chi connectivity index (χ0) is 41.7. The second-order valence-corrected chi connectivity index (χ2v) is 19.2. The summed E-state index contributed by atoms with van der Waals surface area (Å²) >= 11 is 13.6. The van der Waals surface area contributed by atoms with Crippen molar-refractivity contribution >= 4 is 105 Å². The number of fused-ring (bicyclic) bond motifs is 2. The number of hydrogen-bond donors (Lipinski definition) is 3. The molecule has 0 aliphatic rings. The predicted molar refractivity (Wildman–Crippen MR) is 253 cm³/mol. The van der Waals surface area contributed by atoms with Crippen LogP contribution in [0.3, 0.4) is 0 Å². The normalized spacial score (nSPS) is 12.1. The van der Waals surface area contributed by atoms with Crippen molar-refractivity contribution < 1.29 is 18.0 Å². The third-order valence-corrected chi connectivity index (χ3v) is 13.6. The van der Waals surface area contributed by atoms with Gasteiger partial charge in [-0.1, -0.05) is 152 Å². The summed E-state index contributed by atoms with van der Waals surface area (Å²) < 4.78 is 29.9. The fourth-order valence-electron chi connectivity index (χ4n) is 5.97. The minimum absolute atomic E-state index is 0.00350. The van der Waals surface area contributed by atoms with Gasteiger partial charge in [-0.05, 0) is 53.4 Å². The van der Waals surface area contributed by atoms with Gasteiger partial charge in [-0.25, -0.2) is 13.1 Å². The van der Waals surface area contributed by atoms with Gasteiger partial charge >= 0.3 is 0 Å². The number of amides is 2. The predicted octanol–water partition coefficient (Wildman–Crippen LogP) is 8.75. The van der Waals surface area contributed by atoms with Crippen LogP contribution in [0.5, 0.6) is 0 Å². The molecule has 300 valence electrons. The third kappa shape index (κ3) is 12.2. The highest BCUT2D eigenvalue weighted by atomic mass is 32.2. The molecule has 2 unspecified atom stereocenters. The lowest BCUT2D eigenvalue weighted by Gasteiger charge is -2.17. The Balaban J connectivity index is 0.000000229. The number of benzene rings is 6. The van der Waals surface area contributed by atoms with Crippen LogP contribution >= 0.6 is 48.0 Å². The van der Waals surface area contributed by atoms with Crippen molar-refractivity contribution in [2.45, 2.75) is 35.8 Å². The summed E-state index contributed by atoms with van der Waals surface area (Å²) in [6.45, 7) is 4.44. The molecule has 2 amide bonds. The van der Waals surface area contributed by atoms with Gasteiger partial charge < -0.3 is 15.5 Å². The number of thiocarbonyl (C=S) groups is 2.